The van der Waals surface area contributed by atoms with Crippen LogP contribution in [0.1, 0.15) is 70.6 Å². The van der Waals surface area contributed by atoms with Gasteiger partial charge in [0.15, 0.2) is 10.4 Å². The second kappa shape index (κ2) is 17.1. The number of hydrogen-bond acceptors (Lipinski definition) is 9. The number of aromatic nitrogens is 1. The standard InChI is InChI=1S/C35H42N2O6S3/c1-5-7-8-15-22-44-35-36-29-21-20-28(23-30(29)45-35)46(40,41)37(24-31(38)42-6-2)32(25(3)4)34(39)43-33(26-16-11-9-12-17-26)27-18-13-10-14-19-27/h9-14,16-21,23,25,32-33H,5-8,15,22,24H2,1-4H3/t32-/m1/s1. The molecule has 0 radical (unpaired) electrons. The van der Waals surface area contributed by atoms with Crippen LogP contribution in [-0.2, 0) is 29.1 Å². The van der Waals surface area contributed by atoms with Crippen molar-refractivity contribution in [2.24, 2.45) is 5.92 Å². The molecule has 0 spiro atoms. The van der Waals surface area contributed by atoms with Crippen LogP contribution in [0.15, 0.2) is 88.1 Å². The molecule has 1 aromatic heterocycles. The second-order valence-corrected chi connectivity index (χ2v) is 15.5. The molecule has 0 fully saturated rings. The molecule has 4 aromatic rings. The minimum Gasteiger partial charge on any atom is -0.465 e. The van der Waals surface area contributed by atoms with Crippen molar-refractivity contribution < 1.29 is 27.5 Å². The molecular formula is C35H42N2O6S3. The van der Waals surface area contributed by atoms with Crippen LogP contribution in [0.2, 0.25) is 0 Å². The molecule has 4 rings (SSSR count). The topological polar surface area (TPSA) is 103 Å². The fourth-order valence-electron chi connectivity index (χ4n) is 5.09. The maximum Gasteiger partial charge on any atom is 0.325 e. The van der Waals surface area contributed by atoms with E-state index in [1.165, 1.54) is 36.7 Å². The Morgan fingerprint density at radius 3 is 2.15 bits per heavy atom. The highest BCUT2D eigenvalue weighted by Crippen LogP contribution is 2.34. The number of sulfonamides is 1. The number of benzene rings is 3. The Bertz CT molecular complexity index is 1640. The Hall–Kier alpha value is -3.25. The molecule has 8 nitrogen and oxygen atoms in total. The average molecular weight is 683 g/mol. The van der Waals surface area contributed by atoms with Gasteiger partial charge in [-0.25, -0.2) is 13.4 Å². The number of thioether (sulfide) groups is 1. The van der Waals surface area contributed by atoms with Gasteiger partial charge in [-0.2, -0.15) is 4.31 Å². The summed E-state index contributed by atoms with van der Waals surface area (Å²) < 4.78 is 42.5. The lowest BCUT2D eigenvalue weighted by atomic mass is 10.0. The van der Waals surface area contributed by atoms with E-state index in [9.17, 15) is 18.0 Å². The van der Waals surface area contributed by atoms with Crippen LogP contribution >= 0.6 is 23.1 Å². The maximum atomic E-state index is 14.4. The van der Waals surface area contributed by atoms with Gasteiger partial charge in [0.05, 0.1) is 21.7 Å². The largest absolute Gasteiger partial charge is 0.465 e. The molecule has 0 saturated heterocycles. The van der Waals surface area contributed by atoms with Crippen LogP contribution in [0.25, 0.3) is 10.2 Å². The van der Waals surface area contributed by atoms with E-state index in [0.29, 0.717) is 10.2 Å². The Morgan fingerprint density at radius 2 is 1.57 bits per heavy atom. The summed E-state index contributed by atoms with van der Waals surface area (Å²) in [5.41, 5.74) is 2.17. The lowest BCUT2D eigenvalue weighted by Crippen LogP contribution is -2.51. The highest BCUT2D eigenvalue weighted by Gasteiger charge is 2.41. The SMILES string of the molecule is CCCCCCSc1nc2ccc(S(=O)(=O)N(CC(=O)OCC)[C@@H](C(=O)OC(c3ccccc3)c3ccccc3)C(C)C)cc2s1. The Morgan fingerprint density at radius 1 is 0.913 bits per heavy atom. The van der Waals surface area contributed by atoms with Crippen LogP contribution in [0.5, 0.6) is 0 Å². The summed E-state index contributed by atoms with van der Waals surface area (Å²) >= 11 is 3.11. The van der Waals surface area contributed by atoms with Crippen molar-refractivity contribution in [3.05, 3.63) is 90.0 Å². The van der Waals surface area contributed by atoms with Gasteiger partial charge in [0.25, 0.3) is 0 Å². The minimum atomic E-state index is -4.37. The van der Waals surface area contributed by atoms with Crippen LogP contribution in [0.4, 0.5) is 0 Å². The molecule has 1 atom stereocenters. The summed E-state index contributed by atoms with van der Waals surface area (Å²) in [5, 5.41) is 0. The number of hydrogen-bond donors (Lipinski definition) is 0. The minimum absolute atomic E-state index is 0.0337. The van der Waals surface area contributed by atoms with Gasteiger partial charge in [-0.1, -0.05) is 112 Å². The lowest BCUT2D eigenvalue weighted by molar-refractivity contribution is -0.155. The molecule has 0 bridgehead atoms. The van der Waals surface area contributed by atoms with Gasteiger partial charge in [0.1, 0.15) is 12.6 Å². The first-order valence-electron chi connectivity index (χ1n) is 15.7. The van der Waals surface area contributed by atoms with Gasteiger partial charge < -0.3 is 9.47 Å². The van der Waals surface area contributed by atoms with E-state index in [2.05, 4.69) is 11.9 Å². The van der Waals surface area contributed by atoms with Crippen molar-refractivity contribution in [2.45, 2.75) is 74.8 Å². The fraction of sp³-hybridized carbons (Fsp3) is 0.400. The number of thiazole rings is 1. The Labute approximate surface area is 280 Å². The molecule has 11 heteroatoms. The predicted molar refractivity (Wildman–Crippen MR) is 184 cm³/mol. The van der Waals surface area contributed by atoms with E-state index in [-0.39, 0.29) is 11.5 Å². The molecule has 0 unspecified atom stereocenters. The molecular weight excluding hydrogens is 641 g/mol. The van der Waals surface area contributed by atoms with Crippen LogP contribution in [-0.4, -0.2) is 54.6 Å². The van der Waals surface area contributed by atoms with E-state index in [4.69, 9.17) is 9.47 Å². The quantitative estimate of drug-likeness (QED) is 0.0630. The number of ether oxygens (including phenoxy) is 2. The van der Waals surface area contributed by atoms with Crippen LogP contribution < -0.4 is 0 Å². The van der Waals surface area contributed by atoms with Crippen molar-refractivity contribution in [2.75, 3.05) is 18.9 Å². The van der Waals surface area contributed by atoms with Gasteiger partial charge in [-0.05, 0) is 48.6 Å². The van der Waals surface area contributed by atoms with Crippen LogP contribution in [0, 0.1) is 5.92 Å². The zero-order valence-corrected chi connectivity index (χ0v) is 29.2. The number of carbonyl (C=O) groups is 2. The first-order valence-corrected chi connectivity index (χ1v) is 18.9. The normalized spacial score (nSPS) is 12.6. The van der Waals surface area contributed by atoms with E-state index in [0.717, 1.165) is 31.9 Å². The molecule has 1 heterocycles. The summed E-state index contributed by atoms with van der Waals surface area (Å²) in [7, 11) is -4.37. The monoisotopic (exact) mass is 682 g/mol. The van der Waals surface area contributed by atoms with Gasteiger partial charge in [-0.15, -0.1) is 11.3 Å². The second-order valence-electron chi connectivity index (χ2n) is 11.2. The van der Waals surface area contributed by atoms with E-state index >= 15 is 0 Å². The number of rotatable bonds is 17. The van der Waals surface area contributed by atoms with Crippen molar-refractivity contribution in [1.29, 1.82) is 0 Å². The van der Waals surface area contributed by atoms with E-state index in [1.807, 2.05) is 60.7 Å². The van der Waals surface area contributed by atoms with Crippen molar-refractivity contribution in [3.8, 4) is 0 Å². The van der Waals surface area contributed by atoms with Crippen molar-refractivity contribution in [3.63, 3.8) is 0 Å². The number of nitrogens with zero attached hydrogens (tertiary/aromatic N) is 2. The average Bonchev–Trinajstić information content (AvgIpc) is 3.46. The molecule has 0 aliphatic heterocycles. The van der Waals surface area contributed by atoms with Gasteiger partial charge in [0.2, 0.25) is 10.0 Å². The Kier molecular flexibility index (Phi) is 13.2. The highest BCUT2D eigenvalue weighted by atomic mass is 32.2. The number of carbonyl (C=O) groups excluding carboxylic acids is 2. The molecule has 246 valence electrons. The summed E-state index contributed by atoms with van der Waals surface area (Å²) in [4.78, 5) is 31.6. The number of esters is 2. The first kappa shape index (κ1) is 35.6. The summed E-state index contributed by atoms with van der Waals surface area (Å²) in [6.45, 7) is 6.71. The molecule has 0 saturated carbocycles. The number of unbranched alkanes of at least 4 members (excludes halogenated alkanes) is 3. The van der Waals surface area contributed by atoms with Crippen molar-refractivity contribution in [1.82, 2.24) is 9.29 Å². The van der Waals surface area contributed by atoms with E-state index < -0.39 is 46.6 Å². The maximum absolute atomic E-state index is 14.4. The molecule has 0 N–H and O–H groups in total. The lowest BCUT2D eigenvalue weighted by Gasteiger charge is -2.32. The Balaban J connectivity index is 1.68. The molecule has 0 amide bonds. The molecule has 0 aliphatic rings. The summed E-state index contributed by atoms with van der Waals surface area (Å²) in [6.07, 6.45) is 3.86. The molecule has 3 aromatic carbocycles. The highest BCUT2D eigenvalue weighted by molar-refractivity contribution is 8.01. The smallest absolute Gasteiger partial charge is 0.325 e. The van der Waals surface area contributed by atoms with Gasteiger partial charge in [-0.3, -0.25) is 9.59 Å². The third-order valence-electron chi connectivity index (χ3n) is 7.38. The van der Waals surface area contributed by atoms with Gasteiger partial charge >= 0.3 is 11.9 Å². The first-order chi connectivity index (χ1) is 22.1. The predicted octanol–water partition coefficient (Wildman–Crippen LogP) is 7.88. The molecule has 0 aliphatic carbocycles. The zero-order chi connectivity index (χ0) is 33.1. The van der Waals surface area contributed by atoms with E-state index in [1.54, 1.807) is 44.7 Å². The third-order valence-corrected chi connectivity index (χ3v) is 11.5. The van der Waals surface area contributed by atoms with Crippen LogP contribution in [0.3, 0.4) is 0 Å². The van der Waals surface area contributed by atoms with Gasteiger partial charge in [0, 0.05) is 5.75 Å². The summed E-state index contributed by atoms with van der Waals surface area (Å²) in [5.74, 6) is -1.11. The van der Waals surface area contributed by atoms with Crippen molar-refractivity contribution >= 4 is 55.3 Å². The molecule has 46 heavy (non-hydrogen) atoms. The third kappa shape index (κ3) is 9.18. The number of fused-ring (bicyclic) bond motifs is 1. The summed E-state index contributed by atoms with van der Waals surface area (Å²) in [6, 6.07) is 22.0. The zero-order valence-electron chi connectivity index (χ0n) is 26.8. The fourth-order valence-corrected chi connectivity index (χ4v) is 9.02.